The Morgan fingerprint density at radius 1 is 1.32 bits per heavy atom. The van der Waals surface area contributed by atoms with Crippen molar-refractivity contribution >= 4 is 34.2 Å². The number of fused-ring (bicyclic) bond motifs is 1. The first kappa shape index (κ1) is 16.6. The molecule has 0 bridgehead atoms. The van der Waals surface area contributed by atoms with Gasteiger partial charge in [-0.25, -0.2) is 0 Å². The maximum atomic E-state index is 11.1. The van der Waals surface area contributed by atoms with E-state index in [1.165, 1.54) is 12.8 Å². The Bertz CT molecular complexity index is 787. The fraction of sp³-hybridized carbons (Fsp3) is 0.474. The number of rotatable bonds is 7. The summed E-state index contributed by atoms with van der Waals surface area (Å²) in [5, 5.41) is 14.5. The van der Waals surface area contributed by atoms with Crippen LogP contribution in [0.1, 0.15) is 25.7 Å². The van der Waals surface area contributed by atoms with Crippen molar-refractivity contribution in [3.05, 3.63) is 35.5 Å². The van der Waals surface area contributed by atoms with E-state index in [-0.39, 0.29) is 6.54 Å². The third kappa shape index (κ3) is 3.88. The highest BCUT2D eigenvalue weighted by molar-refractivity contribution is 6.31. The van der Waals surface area contributed by atoms with Crippen molar-refractivity contribution in [2.45, 2.75) is 37.8 Å². The van der Waals surface area contributed by atoms with E-state index in [1.807, 2.05) is 24.3 Å². The molecule has 0 radical (unpaired) electrons. The number of carboxylic acid groups (broad SMARTS) is 1. The van der Waals surface area contributed by atoms with Crippen LogP contribution in [-0.4, -0.2) is 46.1 Å². The Balaban J connectivity index is 1.40. The molecule has 2 aromatic rings. The summed E-state index contributed by atoms with van der Waals surface area (Å²) in [5.74, 6) is -0.0236. The number of carboxylic acids is 1. The number of nitrogens with one attached hydrogen (secondary N) is 1. The van der Waals surface area contributed by atoms with Gasteiger partial charge in [0.25, 0.3) is 0 Å². The van der Waals surface area contributed by atoms with Crippen molar-refractivity contribution in [2.75, 3.05) is 18.4 Å². The average Bonchev–Trinajstić information content (AvgIpc) is 3.33. The molecule has 0 atom stereocenters. The Kier molecular flexibility index (Phi) is 4.52. The summed E-state index contributed by atoms with van der Waals surface area (Å²) in [6.07, 6.45) is 6.25. The molecule has 0 unspecified atom stereocenters. The Morgan fingerprint density at radius 3 is 2.84 bits per heavy atom. The average molecular weight is 360 g/mol. The molecule has 2 N–H and O–H groups in total. The lowest BCUT2D eigenvalue weighted by Crippen LogP contribution is -2.52. The van der Waals surface area contributed by atoms with Crippen LogP contribution in [0.2, 0.25) is 5.02 Å². The molecule has 0 saturated heterocycles. The van der Waals surface area contributed by atoms with Crippen LogP contribution < -0.4 is 5.32 Å². The molecule has 4 rings (SSSR count). The smallest absolute Gasteiger partial charge is 0.317 e. The van der Waals surface area contributed by atoms with Crippen LogP contribution in [0.3, 0.4) is 0 Å². The Hall–Kier alpha value is -1.85. The number of pyridine rings is 1. The van der Waals surface area contributed by atoms with Crippen LogP contribution in [0, 0.1) is 5.92 Å². The van der Waals surface area contributed by atoms with Gasteiger partial charge in [-0.05, 0) is 55.9 Å². The second-order valence-corrected chi connectivity index (χ2v) is 7.69. The summed E-state index contributed by atoms with van der Waals surface area (Å²) in [5.41, 5.74) is 1.97. The fourth-order valence-corrected chi connectivity index (χ4v) is 3.79. The molecular formula is C19H22ClN3O2. The molecule has 1 aromatic carbocycles. The normalized spacial score (nSPS) is 22.8. The topological polar surface area (TPSA) is 65.5 Å². The van der Waals surface area contributed by atoms with Crippen molar-refractivity contribution in [3.8, 4) is 0 Å². The molecule has 2 aliphatic carbocycles. The quantitative estimate of drug-likeness (QED) is 0.790. The number of halogens is 1. The monoisotopic (exact) mass is 359 g/mol. The van der Waals surface area contributed by atoms with Gasteiger partial charge in [-0.2, -0.15) is 0 Å². The highest BCUT2D eigenvalue weighted by atomic mass is 35.5. The first-order valence-electron chi connectivity index (χ1n) is 8.85. The van der Waals surface area contributed by atoms with E-state index in [0.29, 0.717) is 23.0 Å². The van der Waals surface area contributed by atoms with E-state index in [0.717, 1.165) is 36.0 Å². The second-order valence-electron chi connectivity index (χ2n) is 7.25. The van der Waals surface area contributed by atoms with Crippen molar-refractivity contribution in [2.24, 2.45) is 5.92 Å². The maximum absolute atomic E-state index is 11.1. The van der Waals surface area contributed by atoms with Crippen LogP contribution in [-0.2, 0) is 4.79 Å². The van der Waals surface area contributed by atoms with Crippen LogP contribution >= 0.6 is 11.6 Å². The summed E-state index contributed by atoms with van der Waals surface area (Å²) in [4.78, 5) is 17.7. The summed E-state index contributed by atoms with van der Waals surface area (Å²) >= 11 is 6.12. The Morgan fingerprint density at radius 2 is 2.12 bits per heavy atom. The van der Waals surface area contributed by atoms with Gasteiger partial charge >= 0.3 is 5.97 Å². The van der Waals surface area contributed by atoms with Crippen molar-refractivity contribution in [3.63, 3.8) is 0 Å². The van der Waals surface area contributed by atoms with Crippen LogP contribution in [0.5, 0.6) is 0 Å². The van der Waals surface area contributed by atoms with Gasteiger partial charge in [0.05, 0.1) is 12.1 Å². The number of aliphatic carboxylic acids is 1. The molecule has 1 aromatic heterocycles. The summed E-state index contributed by atoms with van der Waals surface area (Å²) in [6.45, 7) is 1.08. The second kappa shape index (κ2) is 6.81. The van der Waals surface area contributed by atoms with Crippen molar-refractivity contribution in [1.82, 2.24) is 9.88 Å². The zero-order chi connectivity index (χ0) is 17.4. The van der Waals surface area contributed by atoms with Gasteiger partial charge in [0.15, 0.2) is 0 Å². The molecule has 0 spiro atoms. The standard InChI is InChI=1S/C19H22ClN3O2/c20-13-3-4-17-16(7-13)18(5-6-21-17)22-14-8-15(9-14)23(11-19(24)25)10-12-1-2-12/h3-7,12,14-15H,1-2,8-11H2,(H,21,22)(H,24,25). The van der Waals surface area contributed by atoms with E-state index < -0.39 is 5.97 Å². The molecule has 0 aliphatic heterocycles. The zero-order valence-corrected chi connectivity index (χ0v) is 14.7. The number of anilines is 1. The summed E-state index contributed by atoms with van der Waals surface area (Å²) in [7, 11) is 0. The minimum atomic E-state index is -0.730. The molecule has 2 fully saturated rings. The van der Waals surface area contributed by atoms with Gasteiger partial charge in [0, 0.05) is 40.9 Å². The number of aromatic nitrogens is 1. The fourth-order valence-electron chi connectivity index (χ4n) is 3.62. The first-order chi connectivity index (χ1) is 12.1. The van der Waals surface area contributed by atoms with Gasteiger partial charge in [-0.15, -0.1) is 0 Å². The predicted octanol–water partition coefficient (Wildman–Crippen LogP) is 3.63. The molecule has 2 aliphatic rings. The maximum Gasteiger partial charge on any atom is 0.317 e. The number of hydrogen-bond acceptors (Lipinski definition) is 4. The lowest BCUT2D eigenvalue weighted by molar-refractivity contribution is -0.139. The molecule has 25 heavy (non-hydrogen) atoms. The minimum absolute atomic E-state index is 0.154. The molecule has 2 saturated carbocycles. The highest BCUT2D eigenvalue weighted by Crippen LogP contribution is 2.35. The highest BCUT2D eigenvalue weighted by Gasteiger charge is 2.37. The van der Waals surface area contributed by atoms with E-state index >= 15 is 0 Å². The van der Waals surface area contributed by atoms with Gasteiger partial charge in [-0.3, -0.25) is 14.7 Å². The van der Waals surface area contributed by atoms with E-state index in [9.17, 15) is 4.79 Å². The zero-order valence-electron chi connectivity index (χ0n) is 14.0. The number of hydrogen-bond donors (Lipinski definition) is 2. The van der Waals surface area contributed by atoms with Gasteiger partial charge in [0.2, 0.25) is 0 Å². The van der Waals surface area contributed by atoms with E-state index in [4.69, 9.17) is 16.7 Å². The lowest BCUT2D eigenvalue weighted by atomic mass is 9.85. The van der Waals surface area contributed by atoms with Gasteiger partial charge in [-0.1, -0.05) is 11.6 Å². The van der Waals surface area contributed by atoms with Gasteiger partial charge in [0.1, 0.15) is 0 Å². The van der Waals surface area contributed by atoms with Crippen LogP contribution in [0.25, 0.3) is 10.9 Å². The Labute approximate surface area is 152 Å². The SMILES string of the molecule is O=C(O)CN(CC1CC1)C1CC(Nc2ccnc3ccc(Cl)cc23)C1. The van der Waals surface area contributed by atoms with Gasteiger partial charge < -0.3 is 10.4 Å². The van der Waals surface area contributed by atoms with E-state index in [1.54, 1.807) is 6.20 Å². The predicted molar refractivity (Wildman–Crippen MR) is 99.1 cm³/mol. The van der Waals surface area contributed by atoms with E-state index in [2.05, 4.69) is 15.2 Å². The molecule has 6 heteroatoms. The molecule has 0 amide bonds. The number of benzene rings is 1. The van der Waals surface area contributed by atoms with Crippen molar-refractivity contribution in [1.29, 1.82) is 0 Å². The number of nitrogens with zero attached hydrogens (tertiary/aromatic N) is 2. The largest absolute Gasteiger partial charge is 0.480 e. The lowest BCUT2D eigenvalue weighted by Gasteiger charge is -2.43. The van der Waals surface area contributed by atoms with Crippen LogP contribution in [0.4, 0.5) is 5.69 Å². The third-order valence-corrected chi connectivity index (χ3v) is 5.46. The number of carbonyl (C=O) groups is 1. The first-order valence-corrected chi connectivity index (χ1v) is 9.23. The summed E-state index contributed by atoms with van der Waals surface area (Å²) in [6, 6.07) is 8.42. The van der Waals surface area contributed by atoms with Crippen LogP contribution in [0.15, 0.2) is 30.5 Å². The third-order valence-electron chi connectivity index (χ3n) is 5.22. The van der Waals surface area contributed by atoms with Crippen molar-refractivity contribution < 1.29 is 9.90 Å². The molecule has 132 valence electrons. The molecule has 5 nitrogen and oxygen atoms in total. The molecular weight excluding hydrogens is 338 g/mol. The molecule has 1 heterocycles. The minimum Gasteiger partial charge on any atom is -0.480 e. The summed E-state index contributed by atoms with van der Waals surface area (Å²) < 4.78 is 0.